The van der Waals surface area contributed by atoms with Crippen LogP contribution in [0.3, 0.4) is 0 Å². The van der Waals surface area contributed by atoms with Crippen molar-refractivity contribution >= 4 is 17.5 Å². The molecule has 0 amide bonds. The molecule has 1 aromatic rings. The van der Waals surface area contributed by atoms with E-state index in [1.165, 1.54) is 18.2 Å². The molecule has 1 aliphatic carbocycles. The average Bonchev–Trinajstić information content (AvgIpc) is 2.86. The molecule has 3 N–H and O–H groups in total. The first-order valence-electron chi connectivity index (χ1n) is 9.25. The zero-order valence-corrected chi connectivity index (χ0v) is 15.9. The van der Waals surface area contributed by atoms with E-state index in [0.717, 1.165) is 37.0 Å². The standard InChI is InChI=1S/C21H27FN4O/c1-3-16(9-6-5-7-14-27)20-25-19-11-8-10-17(22)15-18(19)21(26-20)24-13-12-23-4-2/h5-10,14-15,23,27H,3-4,11-13H2,1-2H3,(H,24,25,26)/b6-5-,14-7+,16-9+. The maximum absolute atomic E-state index is 13.9. The number of aromatic nitrogens is 2. The largest absolute Gasteiger partial charge is 0.516 e. The molecular formula is C21H27FN4O. The van der Waals surface area contributed by atoms with Gasteiger partial charge >= 0.3 is 0 Å². The van der Waals surface area contributed by atoms with Gasteiger partial charge in [0.05, 0.1) is 12.0 Å². The summed E-state index contributed by atoms with van der Waals surface area (Å²) in [6, 6.07) is 0. The van der Waals surface area contributed by atoms with Crippen molar-refractivity contribution in [1.82, 2.24) is 15.3 Å². The van der Waals surface area contributed by atoms with Crippen LogP contribution in [0.2, 0.25) is 0 Å². The minimum absolute atomic E-state index is 0.301. The summed E-state index contributed by atoms with van der Waals surface area (Å²) < 4.78 is 13.9. The second kappa shape index (κ2) is 11.1. The summed E-state index contributed by atoms with van der Waals surface area (Å²) in [7, 11) is 0. The van der Waals surface area contributed by atoms with Crippen LogP contribution in [0.15, 0.2) is 48.5 Å². The number of fused-ring (bicyclic) bond motifs is 1. The first kappa shape index (κ1) is 20.6. The summed E-state index contributed by atoms with van der Waals surface area (Å²) in [5.41, 5.74) is 2.47. The molecule has 0 spiro atoms. The van der Waals surface area contributed by atoms with Crippen LogP contribution in [0.25, 0.3) is 11.6 Å². The Balaban J connectivity index is 2.41. The summed E-state index contributed by atoms with van der Waals surface area (Å²) in [5, 5.41) is 15.3. The third-order valence-electron chi connectivity index (χ3n) is 4.01. The maximum Gasteiger partial charge on any atom is 0.157 e. The fourth-order valence-corrected chi connectivity index (χ4v) is 2.65. The van der Waals surface area contributed by atoms with Crippen LogP contribution in [-0.4, -0.2) is 34.7 Å². The van der Waals surface area contributed by atoms with Crippen LogP contribution < -0.4 is 10.6 Å². The summed E-state index contributed by atoms with van der Waals surface area (Å²) in [6.45, 7) is 6.46. The molecule has 0 radical (unpaired) electrons. The van der Waals surface area contributed by atoms with Crippen LogP contribution in [0.4, 0.5) is 10.2 Å². The molecule has 0 bridgehead atoms. The number of hydrogen-bond donors (Lipinski definition) is 3. The summed E-state index contributed by atoms with van der Waals surface area (Å²) in [4.78, 5) is 9.36. The summed E-state index contributed by atoms with van der Waals surface area (Å²) in [5.74, 6) is 0.971. The molecule has 1 aliphatic rings. The number of allylic oxidation sites excluding steroid dienone is 8. The second-order valence-electron chi connectivity index (χ2n) is 5.94. The number of nitrogens with zero attached hydrogens (tertiary/aromatic N) is 2. The highest BCUT2D eigenvalue weighted by molar-refractivity contribution is 5.71. The number of nitrogens with one attached hydrogen (secondary N) is 2. The second-order valence-corrected chi connectivity index (χ2v) is 5.94. The molecule has 27 heavy (non-hydrogen) atoms. The van der Waals surface area contributed by atoms with Gasteiger partial charge in [0.2, 0.25) is 0 Å². The Hall–Kier alpha value is -2.73. The van der Waals surface area contributed by atoms with E-state index in [0.29, 0.717) is 30.2 Å². The van der Waals surface area contributed by atoms with E-state index in [2.05, 4.69) is 27.5 Å². The summed E-state index contributed by atoms with van der Waals surface area (Å²) in [6.07, 6.45) is 14.0. The number of aliphatic hydroxyl groups excluding tert-OH is 1. The van der Waals surface area contributed by atoms with Gasteiger partial charge in [-0.2, -0.15) is 0 Å². The van der Waals surface area contributed by atoms with Crippen molar-refractivity contribution in [3.63, 3.8) is 0 Å². The van der Waals surface area contributed by atoms with Crippen molar-refractivity contribution in [2.45, 2.75) is 26.7 Å². The van der Waals surface area contributed by atoms with E-state index < -0.39 is 0 Å². The van der Waals surface area contributed by atoms with Gasteiger partial charge in [-0.1, -0.05) is 38.2 Å². The molecule has 0 saturated heterocycles. The normalized spacial score (nSPS) is 14.5. The number of hydrogen-bond acceptors (Lipinski definition) is 5. The van der Waals surface area contributed by atoms with Gasteiger partial charge in [0.15, 0.2) is 5.82 Å². The van der Waals surface area contributed by atoms with Crippen molar-refractivity contribution in [1.29, 1.82) is 0 Å². The third kappa shape index (κ3) is 6.18. The minimum Gasteiger partial charge on any atom is -0.516 e. The Labute approximate surface area is 160 Å². The molecule has 0 saturated carbocycles. The average molecular weight is 370 g/mol. The molecule has 2 rings (SSSR count). The molecular weight excluding hydrogens is 343 g/mol. The van der Waals surface area contributed by atoms with Crippen molar-refractivity contribution in [3.8, 4) is 0 Å². The Kier molecular flexibility index (Phi) is 8.45. The first-order valence-corrected chi connectivity index (χ1v) is 9.25. The topological polar surface area (TPSA) is 70.1 Å². The van der Waals surface area contributed by atoms with Gasteiger partial charge in [0, 0.05) is 25.1 Å². The van der Waals surface area contributed by atoms with Crippen molar-refractivity contribution < 1.29 is 9.50 Å². The first-order chi connectivity index (χ1) is 13.2. The highest BCUT2D eigenvalue weighted by Crippen LogP contribution is 2.27. The number of likely N-dealkylation sites (N-methyl/N-ethyl adjacent to an activating group) is 1. The van der Waals surface area contributed by atoms with Gasteiger partial charge in [-0.25, -0.2) is 14.4 Å². The van der Waals surface area contributed by atoms with Crippen LogP contribution in [0.5, 0.6) is 0 Å². The monoisotopic (exact) mass is 370 g/mol. The molecule has 0 fully saturated rings. The number of halogens is 1. The smallest absolute Gasteiger partial charge is 0.157 e. The Morgan fingerprint density at radius 2 is 2.07 bits per heavy atom. The van der Waals surface area contributed by atoms with Gasteiger partial charge in [-0.15, -0.1) is 0 Å². The zero-order chi connectivity index (χ0) is 19.5. The van der Waals surface area contributed by atoms with Gasteiger partial charge in [0.25, 0.3) is 0 Å². The van der Waals surface area contributed by atoms with E-state index in [1.807, 2.05) is 19.1 Å². The van der Waals surface area contributed by atoms with Gasteiger partial charge < -0.3 is 15.7 Å². The molecule has 0 atom stereocenters. The van der Waals surface area contributed by atoms with E-state index >= 15 is 0 Å². The van der Waals surface area contributed by atoms with Gasteiger partial charge in [0.1, 0.15) is 11.6 Å². The lowest BCUT2D eigenvalue weighted by Crippen LogP contribution is -2.22. The van der Waals surface area contributed by atoms with Gasteiger partial charge in [-0.3, -0.25) is 0 Å². The predicted octanol–water partition coefficient (Wildman–Crippen LogP) is 4.34. The van der Waals surface area contributed by atoms with Crippen molar-refractivity contribution in [2.24, 2.45) is 0 Å². The molecule has 1 aromatic heterocycles. The lowest BCUT2D eigenvalue weighted by atomic mass is 10.1. The van der Waals surface area contributed by atoms with Crippen molar-refractivity contribution in [3.05, 3.63) is 65.6 Å². The molecule has 144 valence electrons. The predicted molar refractivity (Wildman–Crippen MR) is 110 cm³/mol. The molecule has 0 aliphatic heterocycles. The number of rotatable bonds is 9. The maximum atomic E-state index is 13.9. The fourth-order valence-electron chi connectivity index (χ4n) is 2.65. The SMILES string of the molecule is CCNCCNc1nc(/C(=C/C=C\C=C\O)CC)nc2c1C=C(F)C=CC2. The molecule has 6 heteroatoms. The highest BCUT2D eigenvalue weighted by Gasteiger charge is 2.16. The van der Waals surface area contributed by atoms with E-state index in [-0.39, 0.29) is 5.83 Å². The molecule has 1 heterocycles. The lowest BCUT2D eigenvalue weighted by molar-refractivity contribution is 0.474. The quantitative estimate of drug-likeness (QED) is 0.343. The minimum atomic E-state index is -0.301. The van der Waals surface area contributed by atoms with Crippen LogP contribution in [-0.2, 0) is 6.42 Å². The Bertz CT molecular complexity index is 779. The molecule has 0 unspecified atom stereocenters. The van der Waals surface area contributed by atoms with E-state index in [1.54, 1.807) is 12.2 Å². The summed E-state index contributed by atoms with van der Waals surface area (Å²) >= 11 is 0. The van der Waals surface area contributed by atoms with Crippen molar-refractivity contribution in [2.75, 3.05) is 25.0 Å². The van der Waals surface area contributed by atoms with Crippen LogP contribution in [0.1, 0.15) is 37.4 Å². The highest BCUT2D eigenvalue weighted by atomic mass is 19.1. The van der Waals surface area contributed by atoms with Gasteiger partial charge in [-0.05, 0) is 36.8 Å². The van der Waals surface area contributed by atoms with E-state index in [4.69, 9.17) is 5.11 Å². The Morgan fingerprint density at radius 1 is 1.22 bits per heavy atom. The number of anilines is 1. The Morgan fingerprint density at radius 3 is 2.81 bits per heavy atom. The number of aliphatic hydroxyl groups is 1. The van der Waals surface area contributed by atoms with Crippen LogP contribution in [0, 0.1) is 0 Å². The molecule has 5 nitrogen and oxygen atoms in total. The van der Waals surface area contributed by atoms with Crippen LogP contribution >= 0.6 is 0 Å². The zero-order valence-electron chi connectivity index (χ0n) is 15.9. The fraction of sp³-hybridized carbons (Fsp3) is 0.333. The molecule has 0 aromatic carbocycles. The lowest BCUT2D eigenvalue weighted by Gasteiger charge is -2.14. The van der Waals surface area contributed by atoms with E-state index in [9.17, 15) is 4.39 Å². The third-order valence-corrected chi connectivity index (χ3v) is 4.01.